The zero-order chi connectivity index (χ0) is 23.4. The monoisotopic (exact) mass is 512 g/mol. The molecule has 1 aliphatic carbocycles. The maximum absolute atomic E-state index is 12.9. The van der Waals surface area contributed by atoms with E-state index >= 15 is 0 Å². The van der Waals surface area contributed by atoms with E-state index in [1.807, 2.05) is 36.5 Å². The van der Waals surface area contributed by atoms with Gasteiger partial charge in [-0.25, -0.2) is 0 Å². The molecule has 3 aromatic rings. The first-order valence-electron chi connectivity index (χ1n) is 11.1. The quantitative estimate of drug-likeness (QED) is 0.339. The zero-order valence-electron chi connectivity index (χ0n) is 19.3. The first-order chi connectivity index (χ1) is 15.7. The third-order valence-electron chi connectivity index (χ3n) is 7.16. The van der Waals surface area contributed by atoms with Crippen molar-refractivity contribution >= 4 is 24.2 Å². The molecule has 1 aromatic carbocycles. The highest BCUT2D eigenvalue weighted by atomic mass is 35.5. The number of thioether (sulfide) groups is 1. The molecule has 2 aromatic heterocycles. The highest BCUT2D eigenvalue weighted by Crippen LogP contribution is 2.59. The Morgan fingerprint density at radius 2 is 1.88 bits per heavy atom. The van der Waals surface area contributed by atoms with Crippen LogP contribution in [-0.2, 0) is 25.7 Å². The molecule has 1 aliphatic heterocycles. The van der Waals surface area contributed by atoms with E-state index in [-0.39, 0.29) is 17.8 Å². The normalized spacial score (nSPS) is 22.0. The molecule has 0 N–H and O–H groups in total. The Bertz CT molecular complexity index is 1160. The van der Waals surface area contributed by atoms with E-state index in [9.17, 15) is 13.2 Å². The summed E-state index contributed by atoms with van der Waals surface area (Å²) in [7, 11) is 3.89. The molecule has 1 saturated heterocycles. The molecule has 0 amide bonds. The van der Waals surface area contributed by atoms with Crippen LogP contribution in [0.15, 0.2) is 35.6 Å². The number of aryl methyl sites for hydroxylation is 1. The molecule has 5 rings (SSSR count). The Kier molecular flexibility index (Phi) is 6.78. The van der Waals surface area contributed by atoms with E-state index in [1.54, 1.807) is 23.9 Å². The fourth-order valence-corrected chi connectivity index (χ4v) is 5.87. The summed E-state index contributed by atoms with van der Waals surface area (Å²) in [5.41, 5.74) is 2.57. The predicted octanol–water partition coefficient (Wildman–Crippen LogP) is 4.72. The van der Waals surface area contributed by atoms with Gasteiger partial charge < -0.3 is 9.47 Å². The molecule has 0 spiro atoms. The fourth-order valence-electron chi connectivity index (χ4n) is 5.04. The van der Waals surface area contributed by atoms with Crippen molar-refractivity contribution in [1.82, 2.24) is 29.4 Å². The van der Waals surface area contributed by atoms with E-state index in [4.69, 9.17) is 0 Å². The number of aromatic nitrogens is 5. The van der Waals surface area contributed by atoms with Crippen LogP contribution in [0.3, 0.4) is 0 Å². The van der Waals surface area contributed by atoms with Gasteiger partial charge in [-0.2, -0.15) is 18.3 Å². The molecule has 0 unspecified atom stereocenters. The van der Waals surface area contributed by atoms with Crippen molar-refractivity contribution in [2.75, 3.05) is 25.4 Å². The molecule has 3 heterocycles. The number of piperidine rings is 1. The summed E-state index contributed by atoms with van der Waals surface area (Å²) in [5, 5.41) is 13.9. The van der Waals surface area contributed by atoms with Crippen LogP contribution < -0.4 is 0 Å². The van der Waals surface area contributed by atoms with Crippen LogP contribution in [-0.4, -0.2) is 54.8 Å². The van der Waals surface area contributed by atoms with Gasteiger partial charge in [-0.3, -0.25) is 4.68 Å². The van der Waals surface area contributed by atoms with Crippen molar-refractivity contribution in [2.24, 2.45) is 20.0 Å². The standard InChI is InChI=1S/C23H27F3N6S.ClH/c1-15-19(12-27-31(15)3)20-28-29-21(30(20)2)33-10-4-9-32-13-18-11-22(18,14-32)16-5-7-17(8-6-16)23(24,25)26;/h5-8,12,18H,4,9-11,13-14H2,1-3H3;1H/t18-,22+;/m0./s1. The summed E-state index contributed by atoms with van der Waals surface area (Å²) in [5.74, 6) is 2.32. The Hall–Kier alpha value is -2.04. The minimum absolute atomic E-state index is 0. The third-order valence-corrected chi connectivity index (χ3v) is 8.27. The van der Waals surface area contributed by atoms with Gasteiger partial charge in [0.25, 0.3) is 0 Å². The number of likely N-dealkylation sites (tertiary alicyclic amines) is 1. The van der Waals surface area contributed by atoms with E-state index in [2.05, 4.69) is 20.2 Å². The van der Waals surface area contributed by atoms with E-state index < -0.39 is 11.7 Å². The van der Waals surface area contributed by atoms with Gasteiger partial charge in [-0.05, 0) is 49.9 Å². The lowest BCUT2D eigenvalue weighted by atomic mass is 9.94. The number of rotatable bonds is 7. The number of hydrogen-bond donors (Lipinski definition) is 0. The zero-order valence-corrected chi connectivity index (χ0v) is 21.0. The molecule has 2 aliphatic rings. The Labute approximate surface area is 207 Å². The molecule has 34 heavy (non-hydrogen) atoms. The largest absolute Gasteiger partial charge is 0.416 e. The number of fused-ring (bicyclic) bond motifs is 1. The number of alkyl halides is 3. The first kappa shape index (κ1) is 25.1. The maximum Gasteiger partial charge on any atom is 0.416 e. The predicted molar refractivity (Wildman–Crippen MR) is 128 cm³/mol. The molecule has 2 atom stereocenters. The average molecular weight is 513 g/mol. The Morgan fingerprint density at radius 1 is 1.15 bits per heavy atom. The summed E-state index contributed by atoms with van der Waals surface area (Å²) in [6, 6.07) is 5.80. The second kappa shape index (κ2) is 9.20. The molecular weight excluding hydrogens is 485 g/mol. The fraction of sp³-hybridized carbons (Fsp3) is 0.522. The van der Waals surface area contributed by atoms with Crippen LogP contribution >= 0.6 is 24.2 Å². The summed E-state index contributed by atoms with van der Waals surface area (Å²) in [6.07, 6.45) is -0.356. The van der Waals surface area contributed by atoms with Crippen LogP contribution in [0.25, 0.3) is 11.4 Å². The molecule has 1 saturated carbocycles. The highest BCUT2D eigenvalue weighted by molar-refractivity contribution is 7.99. The SMILES string of the molecule is Cc1c(-c2nnc(SCCCN3C[C@@H]4C[C@]4(c4ccc(C(F)(F)F)cc4)C3)n2C)cnn1C.Cl. The van der Waals surface area contributed by atoms with Gasteiger partial charge in [0.2, 0.25) is 0 Å². The van der Waals surface area contributed by atoms with Gasteiger partial charge in [0.05, 0.1) is 17.3 Å². The van der Waals surface area contributed by atoms with Gasteiger partial charge in [0, 0.05) is 44.0 Å². The van der Waals surface area contributed by atoms with Gasteiger partial charge in [0.15, 0.2) is 11.0 Å². The number of hydrogen-bond acceptors (Lipinski definition) is 5. The van der Waals surface area contributed by atoms with Crippen LogP contribution in [0.4, 0.5) is 13.2 Å². The van der Waals surface area contributed by atoms with Crippen molar-refractivity contribution in [3.05, 3.63) is 47.3 Å². The maximum atomic E-state index is 12.9. The third kappa shape index (κ3) is 4.47. The van der Waals surface area contributed by atoms with E-state index in [0.29, 0.717) is 5.92 Å². The van der Waals surface area contributed by atoms with Crippen LogP contribution in [0.2, 0.25) is 0 Å². The molecule has 0 radical (unpaired) electrons. The van der Waals surface area contributed by atoms with Gasteiger partial charge >= 0.3 is 6.18 Å². The summed E-state index contributed by atoms with van der Waals surface area (Å²) in [6.45, 7) is 4.96. The summed E-state index contributed by atoms with van der Waals surface area (Å²) < 4.78 is 42.4. The second-order valence-corrected chi connectivity index (χ2v) is 10.3. The Balaban J connectivity index is 0.00000274. The van der Waals surface area contributed by atoms with E-state index in [1.165, 1.54) is 12.1 Å². The van der Waals surface area contributed by atoms with Crippen LogP contribution in [0, 0.1) is 12.8 Å². The minimum Gasteiger partial charge on any atom is -0.305 e. The molecule has 184 valence electrons. The number of halogens is 4. The molecule has 6 nitrogen and oxygen atoms in total. The van der Waals surface area contributed by atoms with Crippen molar-refractivity contribution in [1.29, 1.82) is 0 Å². The smallest absolute Gasteiger partial charge is 0.305 e. The Morgan fingerprint density at radius 3 is 2.53 bits per heavy atom. The molecular formula is C23H28ClF3N6S. The summed E-state index contributed by atoms with van der Waals surface area (Å²) >= 11 is 1.70. The first-order valence-corrected chi connectivity index (χ1v) is 12.1. The lowest BCUT2D eigenvalue weighted by Crippen LogP contribution is -2.28. The number of benzene rings is 1. The van der Waals surface area contributed by atoms with Crippen molar-refractivity contribution in [2.45, 2.75) is 36.5 Å². The summed E-state index contributed by atoms with van der Waals surface area (Å²) in [4.78, 5) is 2.45. The van der Waals surface area contributed by atoms with Crippen molar-refractivity contribution < 1.29 is 13.2 Å². The van der Waals surface area contributed by atoms with Gasteiger partial charge in [-0.15, -0.1) is 22.6 Å². The second-order valence-electron chi connectivity index (χ2n) is 9.20. The van der Waals surface area contributed by atoms with Gasteiger partial charge in [-0.1, -0.05) is 23.9 Å². The van der Waals surface area contributed by atoms with Crippen molar-refractivity contribution in [3.8, 4) is 11.4 Å². The average Bonchev–Trinajstić information content (AvgIpc) is 3.01. The minimum atomic E-state index is -4.28. The topological polar surface area (TPSA) is 51.8 Å². The molecule has 2 fully saturated rings. The number of nitrogens with zero attached hydrogens (tertiary/aromatic N) is 6. The van der Waals surface area contributed by atoms with Gasteiger partial charge in [0.1, 0.15) is 0 Å². The van der Waals surface area contributed by atoms with E-state index in [0.717, 1.165) is 66.0 Å². The van der Waals surface area contributed by atoms with Crippen molar-refractivity contribution in [3.63, 3.8) is 0 Å². The lowest BCUT2D eigenvalue weighted by Gasteiger charge is -2.21. The molecule has 0 bridgehead atoms. The lowest BCUT2D eigenvalue weighted by molar-refractivity contribution is -0.137. The molecule has 11 heteroatoms. The highest BCUT2D eigenvalue weighted by Gasteiger charge is 2.60. The van der Waals surface area contributed by atoms with Crippen LogP contribution in [0.1, 0.15) is 29.7 Å². The van der Waals surface area contributed by atoms with Crippen LogP contribution in [0.5, 0.6) is 0 Å².